The fourth-order valence-electron chi connectivity index (χ4n) is 2.51. The fourth-order valence-corrected chi connectivity index (χ4v) is 2.51. The maximum Gasteiger partial charge on any atom is 0.118 e. The first-order valence-electron chi connectivity index (χ1n) is 7.25. The van der Waals surface area contributed by atoms with Crippen LogP contribution in [0.2, 0.25) is 0 Å². The number of hydrogen-bond acceptors (Lipinski definition) is 3. The Morgan fingerprint density at radius 2 is 1.43 bits per heavy atom. The topological polar surface area (TPSA) is 60.7 Å². The molecular formula is C18H22O3. The average molecular weight is 286 g/mol. The molecule has 0 aliphatic rings. The summed E-state index contributed by atoms with van der Waals surface area (Å²) in [4.78, 5) is 0. The number of aliphatic hydroxyl groups excluding tert-OH is 2. The molecule has 0 saturated heterocycles. The number of benzene rings is 2. The monoisotopic (exact) mass is 286 g/mol. The van der Waals surface area contributed by atoms with Gasteiger partial charge in [0.25, 0.3) is 0 Å². The summed E-state index contributed by atoms with van der Waals surface area (Å²) in [7, 11) is 0. The largest absolute Gasteiger partial charge is 0.508 e. The van der Waals surface area contributed by atoms with E-state index in [1.807, 2.05) is 37.3 Å². The zero-order chi connectivity index (χ0) is 15.2. The summed E-state index contributed by atoms with van der Waals surface area (Å²) in [6.45, 7) is 1.82. The van der Waals surface area contributed by atoms with Crippen molar-refractivity contribution in [2.75, 3.05) is 0 Å². The van der Waals surface area contributed by atoms with E-state index < -0.39 is 0 Å². The third-order valence-corrected chi connectivity index (χ3v) is 3.80. The molecule has 2 aromatic carbocycles. The summed E-state index contributed by atoms with van der Waals surface area (Å²) in [6, 6.07) is 11.6. The van der Waals surface area contributed by atoms with Crippen LogP contribution < -0.4 is 0 Å². The van der Waals surface area contributed by atoms with Crippen LogP contribution in [0, 0.1) is 6.92 Å². The Kier molecular flexibility index (Phi) is 5.37. The van der Waals surface area contributed by atoms with Gasteiger partial charge in [-0.3, -0.25) is 0 Å². The molecular weight excluding hydrogens is 264 g/mol. The van der Waals surface area contributed by atoms with Crippen LogP contribution in [0.3, 0.4) is 0 Å². The van der Waals surface area contributed by atoms with Gasteiger partial charge >= 0.3 is 0 Å². The van der Waals surface area contributed by atoms with Crippen LogP contribution in [0.1, 0.15) is 34.2 Å². The zero-order valence-corrected chi connectivity index (χ0v) is 12.3. The highest BCUT2D eigenvalue weighted by atomic mass is 16.3. The van der Waals surface area contributed by atoms with E-state index in [2.05, 4.69) is 0 Å². The highest BCUT2D eigenvalue weighted by molar-refractivity contribution is 5.35. The molecule has 0 atom stereocenters. The van der Waals surface area contributed by atoms with Crippen molar-refractivity contribution < 1.29 is 15.3 Å². The van der Waals surface area contributed by atoms with Gasteiger partial charge in [-0.1, -0.05) is 30.3 Å². The summed E-state index contributed by atoms with van der Waals surface area (Å²) >= 11 is 0. The van der Waals surface area contributed by atoms with Gasteiger partial charge in [-0.2, -0.15) is 0 Å². The predicted molar refractivity (Wildman–Crippen MR) is 83.2 cm³/mol. The normalized spacial score (nSPS) is 10.8. The third kappa shape index (κ3) is 4.06. The summed E-state index contributed by atoms with van der Waals surface area (Å²) in [5.74, 6) is 0.339. The molecule has 0 aromatic heterocycles. The molecule has 0 aliphatic heterocycles. The molecule has 0 spiro atoms. The maximum absolute atomic E-state index is 9.51. The van der Waals surface area contributed by atoms with Gasteiger partial charge in [0.2, 0.25) is 0 Å². The van der Waals surface area contributed by atoms with Gasteiger partial charge in [0.1, 0.15) is 5.75 Å². The van der Waals surface area contributed by atoms with Crippen LogP contribution in [0.4, 0.5) is 0 Å². The van der Waals surface area contributed by atoms with Crippen molar-refractivity contribution in [2.24, 2.45) is 0 Å². The lowest BCUT2D eigenvalue weighted by Crippen LogP contribution is -1.97. The Labute approximate surface area is 125 Å². The molecule has 0 aliphatic carbocycles. The van der Waals surface area contributed by atoms with Crippen molar-refractivity contribution in [3.05, 3.63) is 64.2 Å². The maximum atomic E-state index is 9.51. The fraction of sp³-hybridized carbons (Fsp3) is 0.333. The lowest BCUT2D eigenvalue weighted by molar-refractivity contribution is 0.260. The first-order valence-corrected chi connectivity index (χ1v) is 7.25. The minimum absolute atomic E-state index is 0.0387. The second-order valence-corrected chi connectivity index (χ2v) is 5.39. The molecule has 0 fully saturated rings. The van der Waals surface area contributed by atoms with Gasteiger partial charge in [0.15, 0.2) is 0 Å². The number of rotatable bonds is 6. The lowest BCUT2D eigenvalue weighted by Gasteiger charge is -2.09. The smallest absolute Gasteiger partial charge is 0.118 e. The van der Waals surface area contributed by atoms with Crippen LogP contribution in [0.5, 0.6) is 5.75 Å². The second kappa shape index (κ2) is 7.25. The van der Waals surface area contributed by atoms with Gasteiger partial charge in [-0.15, -0.1) is 0 Å². The molecule has 3 nitrogen and oxygen atoms in total. The van der Waals surface area contributed by atoms with Crippen LogP contribution >= 0.6 is 0 Å². The third-order valence-electron chi connectivity index (χ3n) is 3.80. The molecule has 2 aromatic rings. The van der Waals surface area contributed by atoms with Gasteiger partial charge in [0, 0.05) is 0 Å². The van der Waals surface area contributed by atoms with Crippen LogP contribution in [-0.4, -0.2) is 15.3 Å². The molecule has 3 N–H and O–H groups in total. The molecule has 0 heterocycles. The molecule has 0 saturated carbocycles. The quantitative estimate of drug-likeness (QED) is 0.765. The lowest BCUT2D eigenvalue weighted by atomic mass is 9.99. The van der Waals surface area contributed by atoms with Gasteiger partial charge < -0.3 is 15.3 Å². The number of phenols is 1. The van der Waals surface area contributed by atoms with Crippen LogP contribution in [0.25, 0.3) is 0 Å². The molecule has 0 amide bonds. The van der Waals surface area contributed by atoms with E-state index in [0.717, 1.165) is 36.0 Å². The number of hydrogen-bond donors (Lipinski definition) is 3. The summed E-state index contributed by atoms with van der Waals surface area (Å²) in [5, 5.41) is 28.0. The van der Waals surface area contributed by atoms with Crippen LogP contribution in [0.15, 0.2) is 36.4 Å². The summed E-state index contributed by atoms with van der Waals surface area (Å²) in [6.07, 6.45) is 2.89. The van der Waals surface area contributed by atoms with E-state index in [1.165, 1.54) is 11.1 Å². The van der Waals surface area contributed by atoms with Crippen molar-refractivity contribution in [1.29, 1.82) is 0 Å². The number of aryl methyl sites for hydroxylation is 3. The number of aliphatic hydroxyl groups is 2. The van der Waals surface area contributed by atoms with E-state index in [0.29, 0.717) is 5.75 Å². The highest BCUT2D eigenvalue weighted by Gasteiger charge is 2.03. The van der Waals surface area contributed by atoms with Gasteiger partial charge in [0.05, 0.1) is 13.2 Å². The summed E-state index contributed by atoms with van der Waals surface area (Å²) < 4.78 is 0. The van der Waals surface area contributed by atoms with Crippen molar-refractivity contribution in [3.8, 4) is 5.75 Å². The van der Waals surface area contributed by atoms with Crippen molar-refractivity contribution >= 4 is 0 Å². The first-order chi connectivity index (χ1) is 10.1. The zero-order valence-electron chi connectivity index (χ0n) is 12.3. The Morgan fingerprint density at radius 3 is 2.05 bits per heavy atom. The average Bonchev–Trinajstić information content (AvgIpc) is 2.50. The van der Waals surface area contributed by atoms with E-state index in [1.54, 1.807) is 6.07 Å². The number of aromatic hydroxyl groups is 1. The number of phenolic OH excluding ortho intramolecular Hbond substituents is 1. The molecule has 112 valence electrons. The molecule has 3 heteroatoms. The van der Waals surface area contributed by atoms with E-state index >= 15 is 0 Å². The van der Waals surface area contributed by atoms with Crippen LogP contribution in [-0.2, 0) is 26.1 Å². The Balaban J connectivity index is 1.95. The standard InChI is InChI=1S/C18H22O3/c1-13-9-14(6-8-18(13)21)3-2-4-15-5-7-16(11-19)17(10-15)12-20/h5-10,19-21H,2-4,11-12H2,1H3. The SMILES string of the molecule is Cc1cc(CCCc2ccc(CO)c(CO)c2)ccc1O. The second-order valence-electron chi connectivity index (χ2n) is 5.39. The Morgan fingerprint density at radius 1 is 0.810 bits per heavy atom. The molecule has 21 heavy (non-hydrogen) atoms. The van der Waals surface area contributed by atoms with E-state index in [9.17, 15) is 15.3 Å². The van der Waals surface area contributed by atoms with Gasteiger partial charge in [-0.05, 0) is 60.1 Å². The predicted octanol–water partition coefficient (Wildman–Crippen LogP) is 2.86. The minimum Gasteiger partial charge on any atom is -0.508 e. The highest BCUT2D eigenvalue weighted by Crippen LogP contribution is 2.19. The van der Waals surface area contributed by atoms with E-state index in [-0.39, 0.29) is 13.2 Å². The Hall–Kier alpha value is -1.84. The van der Waals surface area contributed by atoms with Crippen molar-refractivity contribution in [3.63, 3.8) is 0 Å². The molecule has 0 radical (unpaired) electrons. The summed E-state index contributed by atoms with van der Waals surface area (Å²) in [5.41, 5.74) is 4.89. The van der Waals surface area contributed by atoms with Crippen molar-refractivity contribution in [1.82, 2.24) is 0 Å². The molecule has 2 rings (SSSR count). The first kappa shape index (κ1) is 15.5. The van der Waals surface area contributed by atoms with Crippen molar-refractivity contribution in [2.45, 2.75) is 39.4 Å². The van der Waals surface area contributed by atoms with E-state index in [4.69, 9.17) is 0 Å². The molecule has 0 bridgehead atoms. The molecule has 0 unspecified atom stereocenters. The van der Waals surface area contributed by atoms with Gasteiger partial charge in [-0.25, -0.2) is 0 Å². The minimum atomic E-state index is -0.0408. The Bertz CT molecular complexity index is 605.